The van der Waals surface area contributed by atoms with Gasteiger partial charge in [0.25, 0.3) is 0 Å². The van der Waals surface area contributed by atoms with Gasteiger partial charge in [-0.3, -0.25) is 4.79 Å². The summed E-state index contributed by atoms with van der Waals surface area (Å²) < 4.78 is 0. The first kappa shape index (κ1) is 8.57. The highest BCUT2D eigenvalue weighted by Crippen LogP contribution is 2.29. The fourth-order valence-electron chi connectivity index (χ4n) is 1.89. The van der Waals surface area contributed by atoms with Crippen molar-refractivity contribution >= 4 is 5.91 Å². The van der Waals surface area contributed by atoms with Crippen molar-refractivity contribution in [2.45, 2.75) is 32.6 Å². The van der Waals surface area contributed by atoms with E-state index in [-0.39, 0.29) is 11.8 Å². The van der Waals surface area contributed by atoms with Crippen LogP contribution in [0.2, 0.25) is 0 Å². The van der Waals surface area contributed by atoms with Crippen molar-refractivity contribution < 1.29 is 4.79 Å². The van der Waals surface area contributed by atoms with E-state index < -0.39 is 0 Å². The Hall–Kier alpha value is -0.530. The first-order valence-electron chi connectivity index (χ1n) is 4.47. The van der Waals surface area contributed by atoms with Gasteiger partial charge in [0, 0.05) is 13.0 Å². The summed E-state index contributed by atoms with van der Waals surface area (Å²) in [6.45, 7) is 2.18. The molecule has 64 valence electrons. The van der Waals surface area contributed by atoms with Gasteiger partial charge in [-0.1, -0.05) is 19.8 Å². The summed E-state index contributed by atoms with van der Waals surface area (Å²) in [6, 6.07) is 0. The minimum Gasteiger partial charge on any atom is -0.359 e. The molecular formula is C9H17NO. The van der Waals surface area contributed by atoms with Gasteiger partial charge in [-0.05, 0) is 18.8 Å². The Morgan fingerprint density at radius 1 is 1.36 bits per heavy atom. The lowest BCUT2D eigenvalue weighted by Gasteiger charge is -2.26. The third-order valence-corrected chi connectivity index (χ3v) is 2.69. The van der Waals surface area contributed by atoms with Gasteiger partial charge in [0.15, 0.2) is 0 Å². The summed E-state index contributed by atoms with van der Waals surface area (Å²) in [7, 11) is 1.73. The van der Waals surface area contributed by atoms with Gasteiger partial charge in [0.1, 0.15) is 0 Å². The molecule has 1 aliphatic rings. The molecule has 1 aliphatic carbocycles. The second-order valence-electron chi connectivity index (χ2n) is 3.48. The fourth-order valence-corrected chi connectivity index (χ4v) is 1.89. The van der Waals surface area contributed by atoms with Crippen LogP contribution < -0.4 is 5.32 Å². The second-order valence-corrected chi connectivity index (χ2v) is 3.48. The lowest BCUT2D eigenvalue weighted by molar-refractivity contribution is -0.126. The quantitative estimate of drug-likeness (QED) is 0.611. The van der Waals surface area contributed by atoms with Gasteiger partial charge in [0.2, 0.25) is 5.91 Å². The van der Waals surface area contributed by atoms with Gasteiger partial charge < -0.3 is 5.32 Å². The van der Waals surface area contributed by atoms with Crippen molar-refractivity contribution in [2.24, 2.45) is 11.8 Å². The Morgan fingerprint density at radius 3 is 2.55 bits per heavy atom. The lowest BCUT2D eigenvalue weighted by atomic mass is 9.80. The van der Waals surface area contributed by atoms with Crippen LogP contribution in [0.1, 0.15) is 32.6 Å². The van der Waals surface area contributed by atoms with E-state index in [9.17, 15) is 4.79 Å². The van der Waals surface area contributed by atoms with Crippen molar-refractivity contribution in [2.75, 3.05) is 7.05 Å². The number of hydrogen-bond donors (Lipinski definition) is 1. The monoisotopic (exact) mass is 155 g/mol. The zero-order chi connectivity index (χ0) is 8.27. The van der Waals surface area contributed by atoms with Crippen LogP contribution in [-0.2, 0) is 4.79 Å². The Kier molecular flexibility index (Phi) is 2.92. The van der Waals surface area contributed by atoms with Crippen molar-refractivity contribution in [3.8, 4) is 0 Å². The number of carbonyl (C=O) groups excluding carboxylic acids is 1. The summed E-state index contributed by atoms with van der Waals surface area (Å²) in [6.07, 6.45) is 4.83. The minimum absolute atomic E-state index is 0.234. The number of carbonyl (C=O) groups is 1. The van der Waals surface area contributed by atoms with E-state index >= 15 is 0 Å². The van der Waals surface area contributed by atoms with Crippen molar-refractivity contribution in [1.82, 2.24) is 5.32 Å². The first-order chi connectivity index (χ1) is 5.25. The van der Waals surface area contributed by atoms with Crippen LogP contribution in [0.4, 0.5) is 0 Å². The van der Waals surface area contributed by atoms with Gasteiger partial charge >= 0.3 is 0 Å². The molecule has 0 aromatic heterocycles. The van der Waals surface area contributed by atoms with Gasteiger partial charge in [-0.25, -0.2) is 0 Å². The number of nitrogens with one attached hydrogen (secondary N) is 1. The van der Waals surface area contributed by atoms with Crippen LogP contribution in [0.3, 0.4) is 0 Å². The maximum Gasteiger partial charge on any atom is 0.223 e. The predicted octanol–water partition coefficient (Wildman–Crippen LogP) is 1.56. The summed E-state index contributed by atoms with van der Waals surface area (Å²) in [4.78, 5) is 11.3. The van der Waals surface area contributed by atoms with Crippen LogP contribution >= 0.6 is 0 Å². The highest BCUT2D eigenvalue weighted by molar-refractivity contribution is 5.78. The van der Waals surface area contributed by atoms with Gasteiger partial charge in [-0.2, -0.15) is 0 Å². The van der Waals surface area contributed by atoms with Crippen LogP contribution in [0.5, 0.6) is 0 Å². The number of rotatable bonds is 1. The summed E-state index contributed by atoms with van der Waals surface area (Å²) in [5.41, 5.74) is 0. The average Bonchev–Trinajstić information content (AvgIpc) is 2.04. The molecule has 2 atom stereocenters. The molecule has 0 aromatic rings. The van der Waals surface area contributed by atoms with E-state index in [2.05, 4.69) is 12.2 Å². The molecule has 2 nitrogen and oxygen atoms in total. The summed E-state index contributed by atoms with van der Waals surface area (Å²) in [5.74, 6) is 1.11. The third-order valence-electron chi connectivity index (χ3n) is 2.69. The van der Waals surface area contributed by atoms with E-state index in [1.54, 1.807) is 7.05 Å². The molecule has 1 saturated carbocycles. The average molecular weight is 155 g/mol. The highest BCUT2D eigenvalue weighted by atomic mass is 16.1. The highest BCUT2D eigenvalue weighted by Gasteiger charge is 2.26. The minimum atomic E-state index is 0.234. The maximum atomic E-state index is 11.3. The molecule has 2 heteroatoms. The van der Waals surface area contributed by atoms with Crippen LogP contribution in [0.15, 0.2) is 0 Å². The molecule has 0 heterocycles. The summed E-state index contributed by atoms with van der Waals surface area (Å²) >= 11 is 0. The molecule has 0 bridgehead atoms. The van der Waals surface area contributed by atoms with E-state index in [0.29, 0.717) is 5.92 Å². The molecule has 0 radical (unpaired) electrons. The van der Waals surface area contributed by atoms with Crippen molar-refractivity contribution in [3.05, 3.63) is 0 Å². The Labute approximate surface area is 68.4 Å². The fraction of sp³-hybridized carbons (Fsp3) is 0.889. The predicted molar refractivity (Wildman–Crippen MR) is 45.2 cm³/mol. The van der Waals surface area contributed by atoms with E-state index in [4.69, 9.17) is 0 Å². The molecule has 1 fully saturated rings. The molecule has 2 unspecified atom stereocenters. The van der Waals surface area contributed by atoms with Crippen LogP contribution in [-0.4, -0.2) is 13.0 Å². The van der Waals surface area contributed by atoms with Gasteiger partial charge in [0.05, 0.1) is 0 Å². The zero-order valence-electron chi connectivity index (χ0n) is 7.39. The maximum absolute atomic E-state index is 11.3. The van der Waals surface area contributed by atoms with Gasteiger partial charge in [-0.15, -0.1) is 0 Å². The molecule has 1 N–H and O–H groups in total. The second kappa shape index (κ2) is 3.74. The molecule has 0 aliphatic heterocycles. The molecule has 0 spiro atoms. The molecule has 11 heavy (non-hydrogen) atoms. The third kappa shape index (κ3) is 1.95. The molecule has 0 saturated heterocycles. The Bertz CT molecular complexity index is 144. The normalized spacial score (nSPS) is 31.5. The van der Waals surface area contributed by atoms with E-state index in [0.717, 1.165) is 6.42 Å². The standard InChI is InChI=1S/C9H17NO/c1-7-5-3-4-6-8(7)9(11)10-2/h7-8H,3-6H2,1-2H3,(H,10,11). The Morgan fingerprint density at radius 2 is 2.00 bits per heavy atom. The summed E-state index contributed by atoms with van der Waals surface area (Å²) in [5, 5.41) is 2.73. The van der Waals surface area contributed by atoms with E-state index in [1.165, 1.54) is 19.3 Å². The van der Waals surface area contributed by atoms with Crippen molar-refractivity contribution in [3.63, 3.8) is 0 Å². The lowest BCUT2D eigenvalue weighted by Crippen LogP contribution is -2.33. The van der Waals surface area contributed by atoms with Crippen molar-refractivity contribution in [1.29, 1.82) is 0 Å². The largest absolute Gasteiger partial charge is 0.359 e. The molecule has 0 aromatic carbocycles. The smallest absolute Gasteiger partial charge is 0.223 e. The number of amides is 1. The molecule has 1 amide bonds. The SMILES string of the molecule is CNC(=O)C1CCCCC1C. The molecule has 1 rings (SSSR count). The zero-order valence-corrected chi connectivity index (χ0v) is 7.39. The van der Waals surface area contributed by atoms with Crippen LogP contribution in [0, 0.1) is 11.8 Å². The van der Waals surface area contributed by atoms with Crippen LogP contribution in [0.25, 0.3) is 0 Å². The topological polar surface area (TPSA) is 29.1 Å². The van der Waals surface area contributed by atoms with E-state index in [1.807, 2.05) is 0 Å². The first-order valence-corrected chi connectivity index (χ1v) is 4.47. The molecular weight excluding hydrogens is 138 g/mol. The Balaban J connectivity index is 2.47. The number of hydrogen-bond acceptors (Lipinski definition) is 1.